The Bertz CT molecular complexity index is 523. The van der Waals surface area contributed by atoms with E-state index in [1.165, 1.54) is 13.0 Å². The number of carbonyl (C=O) groups excluding carboxylic acids is 1. The standard InChI is InChI=1S/C10H8F3N3O3/c1-6(4-8(17)10(11,12)13)15-9-3-2-7(5-14-9)16(18)19/h2-5H,1H3,(H,14,15)/b6-4-. The molecule has 1 heterocycles. The van der Waals surface area contributed by atoms with Crippen molar-refractivity contribution in [2.24, 2.45) is 0 Å². The van der Waals surface area contributed by atoms with Crippen LogP contribution in [-0.2, 0) is 4.79 Å². The molecule has 0 saturated carbocycles. The second-order valence-electron chi connectivity index (χ2n) is 3.47. The Balaban J connectivity index is 2.77. The van der Waals surface area contributed by atoms with Gasteiger partial charge in [-0.2, -0.15) is 13.2 Å². The fourth-order valence-electron chi connectivity index (χ4n) is 1.08. The maximum atomic E-state index is 12.0. The van der Waals surface area contributed by atoms with Crippen LogP contribution in [0.15, 0.2) is 30.1 Å². The van der Waals surface area contributed by atoms with Crippen molar-refractivity contribution in [2.75, 3.05) is 5.32 Å². The number of hydrogen-bond donors (Lipinski definition) is 1. The number of halogens is 3. The molecule has 9 heteroatoms. The highest BCUT2D eigenvalue weighted by molar-refractivity contribution is 5.95. The molecule has 0 bridgehead atoms. The SMILES string of the molecule is C/C(=C/C(=O)C(F)(F)F)Nc1ccc([N+](=O)[O-])cn1. The third-order valence-electron chi connectivity index (χ3n) is 1.91. The molecule has 0 spiro atoms. The predicted molar refractivity (Wildman–Crippen MR) is 59.3 cm³/mol. The van der Waals surface area contributed by atoms with Crippen molar-refractivity contribution >= 4 is 17.3 Å². The second-order valence-corrected chi connectivity index (χ2v) is 3.47. The normalized spacial score (nSPS) is 12.1. The number of hydrogen-bond acceptors (Lipinski definition) is 5. The Kier molecular flexibility index (Phi) is 4.20. The number of alkyl halides is 3. The molecule has 0 aliphatic rings. The molecule has 0 aliphatic heterocycles. The number of anilines is 1. The molecule has 6 nitrogen and oxygen atoms in total. The van der Waals surface area contributed by atoms with E-state index in [1.54, 1.807) is 0 Å². The number of ketones is 1. The van der Waals surface area contributed by atoms with E-state index >= 15 is 0 Å². The van der Waals surface area contributed by atoms with Crippen LogP contribution < -0.4 is 5.32 Å². The molecule has 0 amide bonds. The summed E-state index contributed by atoms with van der Waals surface area (Å²) in [6.45, 7) is 1.24. The average molecular weight is 275 g/mol. The van der Waals surface area contributed by atoms with Gasteiger partial charge in [0.25, 0.3) is 11.5 Å². The highest BCUT2D eigenvalue weighted by Gasteiger charge is 2.36. The summed E-state index contributed by atoms with van der Waals surface area (Å²) >= 11 is 0. The number of nitrogens with zero attached hydrogens (tertiary/aromatic N) is 2. The van der Waals surface area contributed by atoms with Gasteiger partial charge in [-0.3, -0.25) is 14.9 Å². The van der Waals surface area contributed by atoms with Crippen LogP contribution in [0.4, 0.5) is 24.7 Å². The number of nitro groups is 1. The first-order chi connectivity index (χ1) is 8.70. The van der Waals surface area contributed by atoms with Gasteiger partial charge in [0.15, 0.2) is 0 Å². The molecule has 0 atom stereocenters. The van der Waals surface area contributed by atoms with Gasteiger partial charge in [0.2, 0.25) is 0 Å². The highest BCUT2D eigenvalue weighted by Crippen LogP contribution is 2.18. The quantitative estimate of drug-likeness (QED) is 0.518. The number of carbonyl (C=O) groups is 1. The maximum absolute atomic E-state index is 12.0. The molecule has 1 aromatic rings. The molecule has 1 aromatic heterocycles. The zero-order valence-electron chi connectivity index (χ0n) is 9.56. The van der Waals surface area contributed by atoms with Gasteiger partial charge in [-0.05, 0) is 13.0 Å². The van der Waals surface area contributed by atoms with Crippen LogP contribution in [0.25, 0.3) is 0 Å². The molecule has 0 aromatic carbocycles. The van der Waals surface area contributed by atoms with Crippen LogP contribution in [0.2, 0.25) is 0 Å². The minimum atomic E-state index is -4.94. The lowest BCUT2D eigenvalue weighted by atomic mass is 10.3. The average Bonchev–Trinajstić information content (AvgIpc) is 2.28. The molecule has 0 radical (unpaired) electrons. The molecule has 0 fully saturated rings. The van der Waals surface area contributed by atoms with Crippen LogP contribution in [0, 0.1) is 10.1 Å². The summed E-state index contributed by atoms with van der Waals surface area (Å²) in [6.07, 6.45) is -3.61. The fraction of sp³-hybridized carbons (Fsp3) is 0.200. The summed E-state index contributed by atoms with van der Waals surface area (Å²) in [4.78, 5) is 24.0. The van der Waals surface area contributed by atoms with E-state index in [4.69, 9.17) is 0 Å². The number of allylic oxidation sites excluding steroid dienone is 2. The zero-order chi connectivity index (χ0) is 14.6. The first kappa shape index (κ1) is 14.6. The second kappa shape index (κ2) is 5.46. The van der Waals surface area contributed by atoms with Gasteiger partial charge in [0.1, 0.15) is 12.0 Å². The van der Waals surface area contributed by atoms with Crippen LogP contribution in [0.5, 0.6) is 0 Å². The van der Waals surface area contributed by atoms with Crippen LogP contribution in [0.3, 0.4) is 0 Å². The number of aromatic nitrogens is 1. The first-order valence-electron chi connectivity index (χ1n) is 4.87. The molecule has 102 valence electrons. The minimum Gasteiger partial charge on any atom is -0.344 e. The van der Waals surface area contributed by atoms with Crippen LogP contribution in [-0.4, -0.2) is 21.9 Å². The molecule has 0 aliphatic carbocycles. The Hall–Kier alpha value is -2.45. The lowest BCUT2D eigenvalue weighted by Crippen LogP contribution is -2.21. The third kappa shape index (κ3) is 4.37. The minimum absolute atomic E-state index is 0.0799. The first-order valence-corrected chi connectivity index (χ1v) is 4.87. The molecular weight excluding hydrogens is 267 g/mol. The van der Waals surface area contributed by atoms with Gasteiger partial charge >= 0.3 is 6.18 Å². The van der Waals surface area contributed by atoms with E-state index in [-0.39, 0.29) is 17.2 Å². The largest absolute Gasteiger partial charge is 0.454 e. The van der Waals surface area contributed by atoms with Gasteiger partial charge in [-0.25, -0.2) is 4.98 Å². The smallest absolute Gasteiger partial charge is 0.344 e. The summed E-state index contributed by atoms with van der Waals surface area (Å²) in [6, 6.07) is 2.35. The van der Waals surface area contributed by atoms with Crippen molar-refractivity contribution in [3.05, 3.63) is 40.2 Å². The van der Waals surface area contributed by atoms with Gasteiger partial charge in [0.05, 0.1) is 4.92 Å². The summed E-state index contributed by atoms with van der Waals surface area (Å²) in [5.74, 6) is -1.91. The summed E-state index contributed by atoms with van der Waals surface area (Å²) < 4.78 is 35.9. The molecular formula is C10H8F3N3O3. The van der Waals surface area contributed by atoms with E-state index in [9.17, 15) is 28.1 Å². The molecule has 1 rings (SSSR count). The summed E-state index contributed by atoms with van der Waals surface area (Å²) in [5, 5.41) is 12.8. The Morgan fingerprint density at radius 2 is 2.11 bits per heavy atom. The van der Waals surface area contributed by atoms with E-state index in [1.807, 2.05) is 0 Å². The number of nitrogens with one attached hydrogen (secondary N) is 1. The van der Waals surface area contributed by atoms with Crippen molar-refractivity contribution in [3.63, 3.8) is 0 Å². The highest BCUT2D eigenvalue weighted by atomic mass is 19.4. The van der Waals surface area contributed by atoms with Gasteiger partial charge in [-0.15, -0.1) is 0 Å². The number of pyridine rings is 1. The van der Waals surface area contributed by atoms with Crippen molar-refractivity contribution in [1.82, 2.24) is 4.98 Å². The van der Waals surface area contributed by atoms with Crippen LogP contribution in [0.1, 0.15) is 6.92 Å². The summed E-state index contributed by atoms with van der Waals surface area (Å²) in [7, 11) is 0. The topological polar surface area (TPSA) is 85.1 Å². The van der Waals surface area contributed by atoms with E-state index in [0.29, 0.717) is 6.08 Å². The van der Waals surface area contributed by atoms with E-state index in [2.05, 4.69) is 10.3 Å². The Morgan fingerprint density at radius 1 is 1.47 bits per heavy atom. The molecule has 0 saturated heterocycles. The zero-order valence-corrected chi connectivity index (χ0v) is 9.56. The molecule has 19 heavy (non-hydrogen) atoms. The maximum Gasteiger partial charge on any atom is 0.454 e. The monoisotopic (exact) mass is 275 g/mol. The third-order valence-corrected chi connectivity index (χ3v) is 1.91. The van der Waals surface area contributed by atoms with Crippen molar-refractivity contribution in [1.29, 1.82) is 0 Å². The lowest BCUT2D eigenvalue weighted by Gasteiger charge is -2.06. The Labute approximate surface area is 105 Å². The van der Waals surface area contributed by atoms with Crippen LogP contribution >= 0.6 is 0 Å². The predicted octanol–water partition coefficient (Wildman–Crippen LogP) is 2.44. The van der Waals surface area contributed by atoms with Gasteiger partial charge in [-0.1, -0.05) is 0 Å². The van der Waals surface area contributed by atoms with Crippen molar-refractivity contribution in [2.45, 2.75) is 13.1 Å². The molecule has 1 N–H and O–H groups in total. The van der Waals surface area contributed by atoms with E-state index in [0.717, 1.165) is 12.3 Å². The van der Waals surface area contributed by atoms with Crippen molar-refractivity contribution < 1.29 is 22.9 Å². The van der Waals surface area contributed by atoms with E-state index < -0.39 is 16.9 Å². The summed E-state index contributed by atoms with van der Waals surface area (Å²) in [5.41, 5.74) is -0.331. The number of rotatable bonds is 4. The van der Waals surface area contributed by atoms with Gasteiger partial charge < -0.3 is 5.32 Å². The fourth-order valence-corrected chi connectivity index (χ4v) is 1.08. The lowest BCUT2D eigenvalue weighted by molar-refractivity contribution is -0.385. The van der Waals surface area contributed by atoms with Gasteiger partial charge in [0, 0.05) is 17.8 Å². The van der Waals surface area contributed by atoms with Crippen molar-refractivity contribution in [3.8, 4) is 0 Å². The Morgan fingerprint density at radius 3 is 2.53 bits per heavy atom. The molecule has 0 unspecified atom stereocenters.